The van der Waals surface area contributed by atoms with E-state index >= 15 is 0 Å². The number of hydrogen-bond donors (Lipinski definition) is 2. The van der Waals surface area contributed by atoms with E-state index in [-0.39, 0.29) is 18.3 Å². The molecule has 0 spiro atoms. The second kappa shape index (κ2) is 8.11. The van der Waals surface area contributed by atoms with Crippen LogP contribution in [-0.2, 0) is 4.79 Å². The van der Waals surface area contributed by atoms with Crippen LogP contribution in [0.1, 0.15) is 52.4 Å². The first-order valence-electron chi connectivity index (χ1n) is 7.67. The molecule has 112 valence electrons. The maximum atomic E-state index is 12.1. The zero-order valence-corrected chi connectivity index (χ0v) is 13.1. The minimum Gasteiger partial charge on any atom is -0.353 e. The van der Waals surface area contributed by atoms with Crippen molar-refractivity contribution in [2.24, 2.45) is 17.8 Å². The smallest absolute Gasteiger partial charge is 0.220 e. The molecule has 3 nitrogen and oxygen atoms in total. The van der Waals surface area contributed by atoms with E-state index < -0.39 is 0 Å². The molecule has 1 heterocycles. The second-order valence-corrected chi connectivity index (χ2v) is 6.37. The molecule has 1 aliphatic carbocycles. The largest absolute Gasteiger partial charge is 0.353 e. The van der Waals surface area contributed by atoms with Crippen molar-refractivity contribution in [2.45, 2.75) is 58.4 Å². The highest BCUT2D eigenvalue weighted by molar-refractivity contribution is 5.85. The minimum absolute atomic E-state index is 0. The number of nitrogens with one attached hydrogen (secondary N) is 2. The Hall–Kier alpha value is -0.280. The monoisotopic (exact) mass is 288 g/mol. The predicted octanol–water partition coefficient (Wildman–Crippen LogP) is 2.74. The summed E-state index contributed by atoms with van der Waals surface area (Å²) in [6.45, 7) is 6.73. The molecule has 0 aromatic heterocycles. The van der Waals surface area contributed by atoms with E-state index in [1.165, 1.54) is 32.1 Å². The van der Waals surface area contributed by atoms with Gasteiger partial charge in [-0.2, -0.15) is 0 Å². The van der Waals surface area contributed by atoms with Gasteiger partial charge in [-0.05, 0) is 56.5 Å². The van der Waals surface area contributed by atoms with Crippen LogP contribution in [0.3, 0.4) is 0 Å². The third-order valence-electron chi connectivity index (χ3n) is 4.85. The van der Waals surface area contributed by atoms with Crippen LogP contribution in [0.25, 0.3) is 0 Å². The van der Waals surface area contributed by atoms with Crippen molar-refractivity contribution in [3.8, 4) is 0 Å². The van der Waals surface area contributed by atoms with Crippen molar-refractivity contribution in [3.05, 3.63) is 0 Å². The van der Waals surface area contributed by atoms with Gasteiger partial charge < -0.3 is 10.6 Å². The van der Waals surface area contributed by atoms with Crippen LogP contribution in [0, 0.1) is 17.8 Å². The van der Waals surface area contributed by atoms with Crippen molar-refractivity contribution in [3.63, 3.8) is 0 Å². The Morgan fingerprint density at radius 2 is 2.11 bits per heavy atom. The Morgan fingerprint density at radius 1 is 1.32 bits per heavy atom. The standard InChI is InChI=1S/C15H28N2O.ClH/c1-11-5-3-7-14(11)17-15(18)9-12(2)13-6-4-8-16-10-13;/h11-14,16H,3-10H2,1-2H3,(H,17,18);1H. The van der Waals surface area contributed by atoms with Crippen LogP contribution in [0.2, 0.25) is 0 Å². The summed E-state index contributed by atoms with van der Waals surface area (Å²) in [6.07, 6.45) is 6.96. The highest BCUT2D eigenvalue weighted by atomic mass is 35.5. The Bertz CT molecular complexity index is 279. The molecule has 2 rings (SSSR count). The molecule has 1 saturated carbocycles. The molecule has 0 bridgehead atoms. The summed E-state index contributed by atoms with van der Waals surface area (Å²) >= 11 is 0. The topological polar surface area (TPSA) is 41.1 Å². The molecule has 0 radical (unpaired) electrons. The fraction of sp³-hybridized carbons (Fsp3) is 0.933. The van der Waals surface area contributed by atoms with Gasteiger partial charge in [0.2, 0.25) is 5.91 Å². The first-order chi connectivity index (χ1) is 8.66. The van der Waals surface area contributed by atoms with Gasteiger partial charge in [-0.15, -0.1) is 12.4 Å². The summed E-state index contributed by atoms with van der Waals surface area (Å²) in [5.41, 5.74) is 0. The predicted molar refractivity (Wildman–Crippen MR) is 81.6 cm³/mol. The van der Waals surface area contributed by atoms with Gasteiger partial charge in [0.25, 0.3) is 0 Å². The lowest BCUT2D eigenvalue weighted by Crippen LogP contribution is -2.39. The Balaban J connectivity index is 0.00000180. The number of rotatable bonds is 4. The molecule has 1 amide bonds. The molecule has 2 fully saturated rings. The molecule has 4 heteroatoms. The summed E-state index contributed by atoms with van der Waals surface area (Å²) in [5.74, 6) is 2.13. The van der Waals surface area contributed by atoms with E-state index in [0.29, 0.717) is 30.2 Å². The van der Waals surface area contributed by atoms with Crippen LogP contribution in [0.5, 0.6) is 0 Å². The van der Waals surface area contributed by atoms with Gasteiger partial charge in [-0.3, -0.25) is 4.79 Å². The summed E-state index contributed by atoms with van der Waals surface area (Å²) < 4.78 is 0. The summed E-state index contributed by atoms with van der Waals surface area (Å²) in [7, 11) is 0. The van der Waals surface area contributed by atoms with Crippen LogP contribution >= 0.6 is 12.4 Å². The summed E-state index contributed by atoms with van der Waals surface area (Å²) in [6, 6.07) is 0.439. The fourth-order valence-electron chi connectivity index (χ4n) is 3.45. The third-order valence-corrected chi connectivity index (χ3v) is 4.85. The van der Waals surface area contributed by atoms with Gasteiger partial charge in [0.05, 0.1) is 0 Å². The molecule has 0 aromatic rings. The Morgan fingerprint density at radius 3 is 2.68 bits per heavy atom. The lowest BCUT2D eigenvalue weighted by Gasteiger charge is -2.28. The molecule has 1 saturated heterocycles. The highest BCUT2D eigenvalue weighted by Gasteiger charge is 2.27. The van der Waals surface area contributed by atoms with E-state index in [0.717, 1.165) is 13.1 Å². The average Bonchev–Trinajstić information content (AvgIpc) is 2.76. The molecule has 19 heavy (non-hydrogen) atoms. The maximum absolute atomic E-state index is 12.1. The Kier molecular flexibility index (Phi) is 7.16. The lowest BCUT2D eigenvalue weighted by atomic mass is 9.85. The number of hydrogen-bond acceptors (Lipinski definition) is 2. The van der Waals surface area contributed by atoms with E-state index in [4.69, 9.17) is 0 Å². The van der Waals surface area contributed by atoms with E-state index in [1.54, 1.807) is 0 Å². The number of carbonyl (C=O) groups is 1. The van der Waals surface area contributed by atoms with Crippen molar-refractivity contribution in [2.75, 3.05) is 13.1 Å². The first-order valence-corrected chi connectivity index (χ1v) is 7.67. The molecule has 1 aliphatic heterocycles. The lowest BCUT2D eigenvalue weighted by molar-refractivity contribution is -0.123. The van der Waals surface area contributed by atoms with Crippen molar-refractivity contribution >= 4 is 18.3 Å². The third kappa shape index (κ3) is 4.96. The van der Waals surface area contributed by atoms with E-state index in [1.807, 2.05) is 0 Å². The number of carbonyl (C=O) groups excluding carboxylic acids is 1. The van der Waals surface area contributed by atoms with Gasteiger partial charge in [0.1, 0.15) is 0 Å². The van der Waals surface area contributed by atoms with Crippen LogP contribution in [-0.4, -0.2) is 25.0 Å². The Labute approximate surface area is 123 Å². The van der Waals surface area contributed by atoms with Gasteiger partial charge in [-0.25, -0.2) is 0 Å². The van der Waals surface area contributed by atoms with Crippen LogP contribution in [0.15, 0.2) is 0 Å². The molecule has 4 atom stereocenters. The molecule has 0 aromatic carbocycles. The second-order valence-electron chi connectivity index (χ2n) is 6.37. The zero-order chi connectivity index (χ0) is 13.0. The van der Waals surface area contributed by atoms with Crippen molar-refractivity contribution < 1.29 is 4.79 Å². The number of halogens is 1. The van der Waals surface area contributed by atoms with Crippen LogP contribution in [0.4, 0.5) is 0 Å². The zero-order valence-electron chi connectivity index (χ0n) is 12.3. The average molecular weight is 289 g/mol. The van der Waals surface area contributed by atoms with E-state index in [9.17, 15) is 4.79 Å². The van der Waals surface area contributed by atoms with Crippen molar-refractivity contribution in [1.82, 2.24) is 10.6 Å². The minimum atomic E-state index is 0. The molecule has 2 N–H and O–H groups in total. The quantitative estimate of drug-likeness (QED) is 0.835. The SMILES string of the molecule is CC(CC(=O)NC1CCCC1C)C1CCCNC1.Cl. The summed E-state index contributed by atoms with van der Waals surface area (Å²) in [4.78, 5) is 12.1. The van der Waals surface area contributed by atoms with Gasteiger partial charge in [-0.1, -0.05) is 20.3 Å². The normalized spacial score (nSPS) is 32.4. The fourth-order valence-corrected chi connectivity index (χ4v) is 3.45. The van der Waals surface area contributed by atoms with Crippen molar-refractivity contribution in [1.29, 1.82) is 0 Å². The van der Waals surface area contributed by atoms with Gasteiger partial charge in [0, 0.05) is 12.5 Å². The first kappa shape index (κ1) is 16.8. The van der Waals surface area contributed by atoms with Crippen LogP contribution < -0.4 is 10.6 Å². The molecule has 4 unspecified atom stereocenters. The number of piperidine rings is 1. The van der Waals surface area contributed by atoms with Gasteiger partial charge >= 0.3 is 0 Å². The molecule has 2 aliphatic rings. The van der Waals surface area contributed by atoms with Gasteiger partial charge in [0.15, 0.2) is 0 Å². The maximum Gasteiger partial charge on any atom is 0.220 e. The number of amides is 1. The molecular weight excluding hydrogens is 260 g/mol. The van der Waals surface area contributed by atoms with E-state index in [2.05, 4.69) is 24.5 Å². The summed E-state index contributed by atoms with van der Waals surface area (Å²) in [5, 5.41) is 6.68. The highest BCUT2D eigenvalue weighted by Crippen LogP contribution is 2.26. The molecular formula is C15H29ClN2O.